The van der Waals surface area contributed by atoms with Gasteiger partial charge in [-0.15, -0.1) is 0 Å². The SMILES string of the molecule is C.C.CC(C)(C)OC(=O)N[C@H](C(=O)N1[C@H](C(N)=O)C[C@@H]2C[C@@H]21)C1CCCCCC(O)C1. The largest absolute Gasteiger partial charge is 0.444 e. The molecule has 0 radical (unpaired) electrons. The van der Waals surface area contributed by atoms with Gasteiger partial charge in [-0.25, -0.2) is 4.79 Å². The highest BCUT2D eigenvalue weighted by atomic mass is 16.6. The summed E-state index contributed by atoms with van der Waals surface area (Å²) in [7, 11) is 0. The second-order valence-electron chi connectivity index (χ2n) is 9.87. The fraction of sp³-hybridized carbons (Fsp3) is 0.870. The normalized spacial score (nSPS) is 31.0. The molecule has 1 saturated heterocycles. The summed E-state index contributed by atoms with van der Waals surface area (Å²) in [6.45, 7) is 5.30. The lowest BCUT2D eigenvalue weighted by Gasteiger charge is -2.35. The first-order valence-corrected chi connectivity index (χ1v) is 10.9. The number of hydrogen-bond donors (Lipinski definition) is 3. The molecule has 8 nitrogen and oxygen atoms in total. The lowest BCUT2D eigenvalue weighted by Crippen LogP contribution is -2.57. The van der Waals surface area contributed by atoms with E-state index in [1.807, 2.05) is 0 Å². The highest BCUT2D eigenvalue weighted by Crippen LogP contribution is 2.48. The number of hydrogen-bond acceptors (Lipinski definition) is 5. The van der Waals surface area contributed by atoms with Crippen molar-refractivity contribution in [3.8, 4) is 0 Å². The Morgan fingerprint density at radius 1 is 1.06 bits per heavy atom. The molecular formula is C23H43N3O5. The van der Waals surface area contributed by atoms with Crippen LogP contribution in [-0.2, 0) is 14.3 Å². The summed E-state index contributed by atoms with van der Waals surface area (Å²) in [5, 5.41) is 13.1. The van der Waals surface area contributed by atoms with Crippen molar-refractivity contribution in [2.45, 2.75) is 117 Å². The Morgan fingerprint density at radius 2 is 1.71 bits per heavy atom. The number of alkyl carbamates (subject to hydrolysis) is 1. The molecule has 2 aliphatic carbocycles. The maximum Gasteiger partial charge on any atom is 0.408 e. The summed E-state index contributed by atoms with van der Waals surface area (Å²) in [6.07, 6.45) is 5.06. The molecule has 2 saturated carbocycles. The molecular weight excluding hydrogens is 398 g/mol. The van der Waals surface area contributed by atoms with Gasteiger partial charge in [-0.1, -0.05) is 34.1 Å². The number of nitrogens with zero attached hydrogens (tertiary/aromatic N) is 1. The van der Waals surface area contributed by atoms with Gasteiger partial charge in [0.05, 0.1) is 6.10 Å². The minimum absolute atomic E-state index is 0. The first-order chi connectivity index (χ1) is 13.6. The van der Waals surface area contributed by atoms with Crippen molar-refractivity contribution in [1.29, 1.82) is 0 Å². The maximum absolute atomic E-state index is 13.6. The molecule has 3 rings (SSSR count). The zero-order chi connectivity index (χ0) is 21.3. The predicted octanol–water partition coefficient (Wildman–Crippen LogP) is 2.96. The number of carbonyl (C=O) groups is 3. The van der Waals surface area contributed by atoms with Gasteiger partial charge in [0, 0.05) is 6.04 Å². The molecule has 1 aliphatic heterocycles. The van der Waals surface area contributed by atoms with E-state index in [1.54, 1.807) is 25.7 Å². The third-order valence-electron chi connectivity index (χ3n) is 6.28. The average molecular weight is 442 g/mol. The number of ether oxygens (including phenoxy) is 1. The number of piperidine rings is 1. The van der Waals surface area contributed by atoms with E-state index >= 15 is 0 Å². The van der Waals surface area contributed by atoms with Gasteiger partial charge in [-0.3, -0.25) is 9.59 Å². The van der Waals surface area contributed by atoms with Crippen LogP contribution in [0.4, 0.5) is 4.79 Å². The van der Waals surface area contributed by atoms with E-state index in [1.165, 1.54) is 0 Å². The number of aliphatic hydroxyl groups is 1. The minimum atomic E-state index is -0.834. The molecule has 0 aromatic rings. The van der Waals surface area contributed by atoms with Gasteiger partial charge >= 0.3 is 6.09 Å². The van der Waals surface area contributed by atoms with Gasteiger partial charge < -0.3 is 25.8 Å². The van der Waals surface area contributed by atoms with Crippen LogP contribution in [0.15, 0.2) is 0 Å². The molecule has 3 amide bonds. The van der Waals surface area contributed by atoms with Crippen LogP contribution in [0.1, 0.15) is 87.0 Å². The second kappa shape index (κ2) is 10.7. The fourth-order valence-corrected chi connectivity index (χ4v) is 4.85. The van der Waals surface area contributed by atoms with Crippen LogP contribution in [-0.4, -0.2) is 57.7 Å². The lowest BCUT2D eigenvalue weighted by atomic mass is 9.83. The molecule has 31 heavy (non-hydrogen) atoms. The van der Waals surface area contributed by atoms with Crippen molar-refractivity contribution in [2.24, 2.45) is 17.6 Å². The molecule has 2 unspecified atom stereocenters. The zero-order valence-electron chi connectivity index (χ0n) is 17.7. The van der Waals surface area contributed by atoms with Gasteiger partial charge in [0.2, 0.25) is 11.8 Å². The van der Waals surface area contributed by atoms with Crippen molar-refractivity contribution in [3.63, 3.8) is 0 Å². The summed E-state index contributed by atoms with van der Waals surface area (Å²) < 4.78 is 5.39. The van der Waals surface area contributed by atoms with E-state index in [9.17, 15) is 19.5 Å². The number of carbonyl (C=O) groups excluding carboxylic acids is 3. The topological polar surface area (TPSA) is 122 Å². The van der Waals surface area contributed by atoms with Crippen molar-refractivity contribution < 1.29 is 24.2 Å². The molecule has 6 atom stereocenters. The summed E-state index contributed by atoms with van der Waals surface area (Å²) in [6, 6.07) is -1.42. The minimum Gasteiger partial charge on any atom is -0.444 e. The molecule has 8 heteroatoms. The number of primary amides is 1. The van der Waals surface area contributed by atoms with Gasteiger partial charge in [0.15, 0.2) is 0 Å². The van der Waals surface area contributed by atoms with Crippen LogP contribution < -0.4 is 11.1 Å². The molecule has 0 aromatic carbocycles. The van der Waals surface area contributed by atoms with E-state index in [0.29, 0.717) is 25.2 Å². The molecule has 0 aromatic heterocycles. The molecule has 1 heterocycles. The standard InChI is InChI=1S/C21H35N3O5.2CH4/c1-21(2,3)29-20(28)23-17(12-7-5-4-6-8-14(25)9-12)19(27)24-15-10-13(15)11-16(24)18(22)26;;/h12-17,25H,4-11H2,1-3H3,(H2,22,26)(H,23,28);2*1H4/t12?,13-,14?,15-,16-,17-;;/m0../s1. The van der Waals surface area contributed by atoms with Gasteiger partial charge in [-0.2, -0.15) is 0 Å². The second-order valence-corrected chi connectivity index (χ2v) is 9.87. The Hall–Kier alpha value is -1.83. The number of likely N-dealkylation sites (tertiary alicyclic amines) is 1. The highest BCUT2D eigenvalue weighted by molar-refractivity contribution is 5.92. The third kappa shape index (κ3) is 6.82. The van der Waals surface area contributed by atoms with Crippen LogP contribution in [0.3, 0.4) is 0 Å². The summed E-state index contributed by atoms with van der Waals surface area (Å²) >= 11 is 0. The van der Waals surface area contributed by atoms with E-state index in [-0.39, 0.29) is 32.7 Å². The molecule has 3 aliphatic rings. The van der Waals surface area contributed by atoms with Crippen molar-refractivity contribution in [3.05, 3.63) is 0 Å². The first kappa shape index (κ1) is 27.2. The van der Waals surface area contributed by atoms with E-state index in [2.05, 4.69) is 5.32 Å². The van der Waals surface area contributed by atoms with Crippen LogP contribution in [0.25, 0.3) is 0 Å². The fourth-order valence-electron chi connectivity index (χ4n) is 4.85. The van der Waals surface area contributed by atoms with E-state index < -0.39 is 35.8 Å². The Labute approximate surface area is 187 Å². The van der Waals surface area contributed by atoms with E-state index in [4.69, 9.17) is 10.5 Å². The smallest absolute Gasteiger partial charge is 0.408 e. The number of fused-ring (bicyclic) bond motifs is 1. The number of nitrogens with one attached hydrogen (secondary N) is 1. The Bertz CT molecular complexity index is 648. The molecule has 0 bridgehead atoms. The Kier molecular flexibility index (Phi) is 9.35. The van der Waals surface area contributed by atoms with Gasteiger partial charge in [0.1, 0.15) is 17.7 Å². The van der Waals surface area contributed by atoms with Crippen LogP contribution >= 0.6 is 0 Å². The van der Waals surface area contributed by atoms with Gasteiger partial charge in [0.25, 0.3) is 0 Å². The Balaban J connectivity index is 0.00000240. The monoisotopic (exact) mass is 441 g/mol. The average Bonchev–Trinajstić information content (AvgIpc) is 3.24. The Morgan fingerprint density at radius 3 is 2.32 bits per heavy atom. The third-order valence-corrected chi connectivity index (χ3v) is 6.28. The summed E-state index contributed by atoms with van der Waals surface area (Å²) in [5.41, 5.74) is 4.86. The zero-order valence-corrected chi connectivity index (χ0v) is 17.7. The maximum atomic E-state index is 13.6. The number of rotatable bonds is 4. The molecule has 0 spiro atoms. The highest BCUT2D eigenvalue weighted by Gasteiger charge is 2.57. The van der Waals surface area contributed by atoms with Crippen molar-refractivity contribution in [1.82, 2.24) is 10.2 Å². The lowest BCUT2D eigenvalue weighted by molar-refractivity contribution is -0.141. The summed E-state index contributed by atoms with van der Waals surface area (Å²) in [4.78, 5) is 39.6. The van der Waals surface area contributed by atoms with Crippen LogP contribution in [0.5, 0.6) is 0 Å². The molecule has 180 valence electrons. The first-order valence-electron chi connectivity index (χ1n) is 10.9. The summed E-state index contributed by atoms with van der Waals surface area (Å²) in [5.74, 6) is -0.667. The van der Waals surface area contributed by atoms with Crippen molar-refractivity contribution >= 4 is 17.9 Å². The number of nitrogens with two attached hydrogens (primary N) is 1. The predicted molar refractivity (Wildman–Crippen MR) is 120 cm³/mol. The van der Waals surface area contributed by atoms with Crippen LogP contribution in [0.2, 0.25) is 0 Å². The van der Waals surface area contributed by atoms with Gasteiger partial charge in [-0.05, 0) is 64.7 Å². The van der Waals surface area contributed by atoms with Crippen LogP contribution in [0, 0.1) is 11.8 Å². The number of amides is 3. The quantitative estimate of drug-likeness (QED) is 0.619. The van der Waals surface area contributed by atoms with Crippen molar-refractivity contribution in [2.75, 3.05) is 0 Å². The van der Waals surface area contributed by atoms with E-state index in [0.717, 1.165) is 32.1 Å². The molecule has 4 N–H and O–H groups in total. The number of aliphatic hydroxyl groups excluding tert-OH is 1. The molecule has 3 fully saturated rings.